The van der Waals surface area contributed by atoms with Crippen LogP contribution >= 0.6 is 0 Å². The minimum absolute atomic E-state index is 0.0861. The molecule has 1 amide bonds. The van der Waals surface area contributed by atoms with Crippen LogP contribution in [0, 0.1) is 0 Å². The van der Waals surface area contributed by atoms with E-state index in [1.165, 1.54) is 24.7 Å². The van der Waals surface area contributed by atoms with E-state index in [2.05, 4.69) is 15.4 Å². The van der Waals surface area contributed by atoms with Crippen LogP contribution in [0.2, 0.25) is 0 Å². The molecule has 0 aromatic carbocycles. The summed E-state index contributed by atoms with van der Waals surface area (Å²) < 4.78 is 6.93. The second-order valence-corrected chi connectivity index (χ2v) is 4.53. The third kappa shape index (κ3) is 4.76. The summed E-state index contributed by atoms with van der Waals surface area (Å²) in [6.45, 7) is 1.97. The predicted molar refractivity (Wildman–Crippen MR) is 79.7 cm³/mol. The van der Waals surface area contributed by atoms with Crippen LogP contribution in [0.1, 0.15) is 13.3 Å². The molecule has 9 nitrogen and oxygen atoms in total. The van der Waals surface area contributed by atoms with Crippen molar-refractivity contribution < 1.29 is 14.3 Å². The molecule has 0 atom stereocenters. The van der Waals surface area contributed by atoms with E-state index in [0.717, 1.165) is 4.57 Å². The molecule has 0 unspecified atom stereocenters. The van der Waals surface area contributed by atoms with E-state index in [9.17, 15) is 19.2 Å². The van der Waals surface area contributed by atoms with E-state index in [1.54, 1.807) is 6.92 Å². The summed E-state index contributed by atoms with van der Waals surface area (Å²) in [5, 5.41) is 5.25. The van der Waals surface area contributed by atoms with Crippen molar-refractivity contribution >= 4 is 17.7 Å². The van der Waals surface area contributed by atoms with Crippen molar-refractivity contribution in [3.8, 4) is 0 Å². The van der Waals surface area contributed by atoms with Crippen LogP contribution in [0.25, 0.3) is 0 Å². The number of hydrogen-bond acceptors (Lipinski definition) is 6. The van der Waals surface area contributed by atoms with Crippen LogP contribution in [0.15, 0.2) is 15.7 Å². The zero-order valence-electron chi connectivity index (χ0n) is 12.8. The van der Waals surface area contributed by atoms with Gasteiger partial charge in [0.15, 0.2) is 0 Å². The summed E-state index contributed by atoms with van der Waals surface area (Å²) in [6.07, 6.45) is 0.0861. The molecule has 0 bridgehead atoms. The van der Waals surface area contributed by atoms with Gasteiger partial charge < -0.3 is 15.4 Å². The first-order valence-electron chi connectivity index (χ1n) is 6.80. The summed E-state index contributed by atoms with van der Waals surface area (Å²) in [5.41, 5.74) is -0.890. The Morgan fingerprint density at radius 1 is 1.23 bits per heavy atom. The van der Waals surface area contributed by atoms with Gasteiger partial charge in [0.1, 0.15) is 12.4 Å². The van der Waals surface area contributed by atoms with Gasteiger partial charge in [0.2, 0.25) is 5.91 Å². The molecule has 0 aliphatic rings. The van der Waals surface area contributed by atoms with Crippen molar-refractivity contribution in [2.24, 2.45) is 14.1 Å². The molecule has 2 N–H and O–H groups in total. The highest BCUT2D eigenvalue weighted by Crippen LogP contribution is 1.98. The lowest BCUT2D eigenvalue weighted by Gasteiger charge is -2.11. The molecule has 1 rings (SSSR count). The van der Waals surface area contributed by atoms with Crippen molar-refractivity contribution in [2.45, 2.75) is 13.3 Å². The van der Waals surface area contributed by atoms with Gasteiger partial charge in [0, 0.05) is 33.1 Å². The van der Waals surface area contributed by atoms with Crippen molar-refractivity contribution in [3.63, 3.8) is 0 Å². The van der Waals surface area contributed by atoms with E-state index in [1.807, 2.05) is 0 Å². The zero-order chi connectivity index (χ0) is 16.7. The van der Waals surface area contributed by atoms with Crippen molar-refractivity contribution in [1.82, 2.24) is 14.5 Å². The number of carbonyl (C=O) groups excluding carboxylic acids is 2. The van der Waals surface area contributed by atoms with Gasteiger partial charge in [-0.3, -0.25) is 23.5 Å². The van der Waals surface area contributed by atoms with Gasteiger partial charge >= 0.3 is 11.7 Å². The van der Waals surface area contributed by atoms with Crippen molar-refractivity contribution in [1.29, 1.82) is 0 Å². The average molecular weight is 312 g/mol. The number of carbonyl (C=O) groups is 2. The highest BCUT2D eigenvalue weighted by molar-refractivity contribution is 5.82. The Morgan fingerprint density at radius 3 is 2.55 bits per heavy atom. The fourth-order valence-electron chi connectivity index (χ4n) is 1.68. The van der Waals surface area contributed by atoms with Gasteiger partial charge in [0.25, 0.3) is 5.56 Å². The highest BCUT2D eigenvalue weighted by atomic mass is 16.5. The highest BCUT2D eigenvalue weighted by Gasteiger charge is 2.08. The Bertz CT molecular complexity index is 661. The number of nitrogens with one attached hydrogen (secondary N) is 2. The molecule has 0 aliphatic carbocycles. The normalized spacial score (nSPS) is 10.1. The van der Waals surface area contributed by atoms with E-state index >= 15 is 0 Å². The van der Waals surface area contributed by atoms with Gasteiger partial charge in [0.05, 0.1) is 6.61 Å². The monoisotopic (exact) mass is 312 g/mol. The lowest BCUT2D eigenvalue weighted by Crippen LogP contribution is -2.38. The number of ether oxygens (including phenoxy) is 1. The third-order valence-electron chi connectivity index (χ3n) is 2.92. The lowest BCUT2D eigenvalue weighted by molar-refractivity contribution is -0.143. The van der Waals surface area contributed by atoms with Gasteiger partial charge in [-0.05, 0) is 6.92 Å². The molecule has 122 valence electrons. The number of aromatic nitrogens is 2. The molecule has 1 aromatic rings. The Morgan fingerprint density at radius 2 is 1.91 bits per heavy atom. The Labute approximate surface area is 126 Å². The van der Waals surface area contributed by atoms with Gasteiger partial charge in [-0.2, -0.15) is 0 Å². The Kier molecular flexibility index (Phi) is 6.36. The minimum atomic E-state index is -0.502. The first-order chi connectivity index (χ1) is 10.4. The van der Waals surface area contributed by atoms with Crippen molar-refractivity contribution in [3.05, 3.63) is 26.9 Å². The fraction of sp³-hybridized carbons (Fsp3) is 0.538. The molecular weight excluding hydrogens is 292 g/mol. The number of anilines is 1. The van der Waals surface area contributed by atoms with Crippen LogP contribution in [0.4, 0.5) is 5.82 Å². The molecule has 0 radical (unpaired) electrons. The van der Waals surface area contributed by atoms with Gasteiger partial charge in [-0.25, -0.2) is 4.79 Å². The largest absolute Gasteiger partial charge is 0.465 e. The summed E-state index contributed by atoms with van der Waals surface area (Å²) in [7, 11) is 2.90. The molecule has 1 aromatic heterocycles. The summed E-state index contributed by atoms with van der Waals surface area (Å²) in [4.78, 5) is 45.8. The quantitative estimate of drug-likeness (QED) is 0.597. The third-order valence-corrected chi connectivity index (χ3v) is 2.92. The standard InChI is InChI=1S/C13H20N4O5/c1-4-22-12(20)8-15-10(18)5-6-14-9-7-11(19)17(3)13(21)16(9)2/h7,14H,4-6,8H2,1-3H3,(H,15,18). The maximum Gasteiger partial charge on any atom is 0.332 e. The van der Waals surface area contributed by atoms with E-state index in [4.69, 9.17) is 0 Å². The fourth-order valence-corrected chi connectivity index (χ4v) is 1.68. The Hall–Kier alpha value is -2.58. The second kappa shape index (κ2) is 8.01. The first-order valence-corrected chi connectivity index (χ1v) is 6.80. The molecule has 9 heteroatoms. The van der Waals surface area contributed by atoms with E-state index in [0.29, 0.717) is 5.82 Å². The molecule has 22 heavy (non-hydrogen) atoms. The predicted octanol–water partition coefficient (Wildman–Crippen LogP) is -1.43. The van der Waals surface area contributed by atoms with Crippen LogP contribution in [0.5, 0.6) is 0 Å². The molecule has 0 spiro atoms. The number of hydrogen-bond donors (Lipinski definition) is 2. The summed E-state index contributed by atoms with van der Waals surface area (Å²) in [5.74, 6) is -0.515. The minimum Gasteiger partial charge on any atom is -0.465 e. The second-order valence-electron chi connectivity index (χ2n) is 4.53. The molecule has 0 saturated heterocycles. The maximum absolute atomic E-state index is 11.7. The number of amides is 1. The van der Waals surface area contributed by atoms with Crippen LogP contribution < -0.4 is 21.9 Å². The number of nitrogens with zero attached hydrogens (tertiary/aromatic N) is 2. The van der Waals surface area contributed by atoms with E-state index in [-0.39, 0.29) is 32.0 Å². The topological polar surface area (TPSA) is 111 Å². The molecule has 0 aliphatic heterocycles. The van der Waals surface area contributed by atoms with E-state index < -0.39 is 17.2 Å². The molecular formula is C13H20N4O5. The smallest absolute Gasteiger partial charge is 0.332 e. The lowest BCUT2D eigenvalue weighted by atomic mass is 10.4. The summed E-state index contributed by atoms with van der Waals surface area (Å²) in [6, 6.07) is 1.28. The van der Waals surface area contributed by atoms with Gasteiger partial charge in [-0.15, -0.1) is 0 Å². The molecule has 1 heterocycles. The average Bonchev–Trinajstić information content (AvgIpc) is 2.48. The van der Waals surface area contributed by atoms with Gasteiger partial charge in [-0.1, -0.05) is 0 Å². The SMILES string of the molecule is CCOC(=O)CNC(=O)CCNc1cc(=O)n(C)c(=O)n1C. The maximum atomic E-state index is 11.7. The number of rotatable bonds is 7. The molecule has 0 fully saturated rings. The van der Waals surface area contributed by atoms with Crippen LogP contribution in [-0.4, -0.2) is 40.7 Å². The van der Waals surface area contributed by atoms with Crippen LogP contribution in [-0.2, 0) is 28.4 Å². The summed E-state index contributed by atoms with van der Waals surface area (Å²) >= 11 is 0. The number of esters is 1. The van der Waals surface area contributed by atoms with Crippen molar-refractivity contribution in [2.75, 3.05) is 25.0 Å². The Balaban J connectivity index is 2.48. The molecule has 0 saturated carbocycles. The zero-order valence-corrected chi connectivity index (χ0v) is 12.8. The first kappa shape index (κ1) is 17.5. The van der Waals surface area contributed by atoms with Crippen LogP contribution in [0.3, 0.4) is 0 Å².